The fourth-order valence-electron chi connectivity index (χ4n) is 1.42. The zero-order valence-electron chi connectivity index (χ0n) is 9.92. The van der Waals surface area contributed by atoms with Crippen molar-refractivity contribution in [2.45, 2.75) is 33.4 Å². The van der Waals surface area contributed by atoms with E-state index < -0.39 is 0 Å². The standard InChI is InChI=1S/C13H21NO/c1-11(2)15-8-7-14-10-13-6-4-5-12(3)9-13/h4-6,9,11,14H,7-8,10H2,1-3H3. The summed E-state index contributed by atoms with van der Waals surface area (Å²) in [6.45, 7) is 8.84. The predicted molar refractivity (Wildman–Crippen MR) is 64.0 cm³/mol. The molecule has 2 heteroatoms. The highest BCUT2D eigenvalue weighted by Gasteiger charge is 1.94. The molecule has 0 unspecified atom stereocenters. The molecule has 1 aromatic carbocycles. The Balaban J connectivity index is 2.15. The Morgan fingerprint density at radius 3 is 2.80 bits per heavy atom. The van der Waals surface area contributed by atoms with Crippen molar-refractivity contribution in [2.24, 2.45) is 0 Å². The van der Waals surface area contributed by atoms with Crippen LogP contribution in [0.4, 0.5) is 0 Å². The van der Waals surface area contributed by atoms with Gasteiger partial charge in [0.25, 0.3) is 0 Å². The molecular weight excluding hydrogens is 186 g/mol. The lowest BCUT2D eigenvalue weighted by atomic mass is 10.1. The Hall–Kier alpha value is -0.860. The average molecular weight is 207 g/mol. The van der Waals surface area contributed by atoms with E-state index >= 15 is 0 Å². The highest BCUT2D eigenvalue weighted by molar-refractivity contribution is 5.21. The van der Waals surface area contributed by atoms with Gasteiger partial charge < -0.3 is 10.1 Å². The van der Waals surface area contributed by atoms with E-state index in [4.69, 9.17) is 4.74 Å². The summed E-state index contributed by atoms with van der Waals surface area (Å²) in [5, 5.41) is 3.36. The number of hydrogen-bond donors (Lipinski definition) is 1. The van der Waals surface area contributed by atoms with E-state index in [1.165, 1.54) is 11.1 Å². The van der Waals surface area contributed by atoms with E-state index in [-0.39, 0.29) is 0 Å². The smallest absolute Gasteiger partial charge is 0.0594 e. The molecule has 0 saturated heterocycles. The fourth-order valence-corrected chi connectivity index (χ4v) is 1.42. The first-order chi connectivity index (χ1) is 7.18. The van der Waals surface area contributed by atoms with Crippen LogP contribution in [0, 0.1) is 6.92 Å². The average Bonchev–Trinajstić information content (AvgIpc) is 2.17. The molecule has 0 radical (unpaired) electrons. The fraction of sp³-hybridized carbons (Fsp3) is 0.538. The van der Waals surface area contributed by atoms with Crippen molar-refractivity contribution in [3.8, 4) is 0 Å². The summed E-state index contributed by atoms with van der Waals surface area (Å²) in [7, 11) is 0. The molecule has 0 aromatic heterocycles. The number of aryl methyl sites for hydroxylation is 1. The molecule has 0 atom stereocenters. The van der Waals surface area contributed by atoms with Gasteiger partial charge in [-0.1, -0.05) is 29.8 Å². The highest BCUT2D eigenvalue weighted by Crippen LogP contribution is 2.02. The van der Waals surface area contributed by atoms with Gasteiger partial charge >= 0.3 is 0 Å². The molecule has 1 rings (SSSR count). The minimum atomic E-state index is 0.325. The van der Waals surface area contributed by atoms with Crippen LogP contribution < -0.4 is 5.32 Å². The first-order valence-electron chi connectivity index (χ1n) is 5.56. The monoisotopic (exact) mass is 207 g/mol. The molecule has 0 fully saturated rings. The van der Waals surface area contributed by atoms with Gasteiger partial charge in [-0.15, -0.1) is 0 Å². The van der Waals surface area contributed by atoms with Gasteiger partial charge in [-0.2, -0.15) is 0 Å². The first-order valence-corrected chi connectivity index (χ1v) is 5.56. The van der Waals surface area contributed by atoms with Crippen LogP contribution in [0.25, 0.3) is 0 Å². The number of benzene rings is 1. The first kappa shape index (κ1) is 12.2. The zero-order valence-corrected chi connectivity index (χ0v) is 9.92. The van der Waals surface area contributed by atoms with Gasteiger partial charge in [0.2, 0.25) is 0 Å². The molecule has 0 amide bonds. The molecule has 84 valence electrons. The number of nitrogens with one attached hydrogen (secondary N) is 1. The second kappa shape index (κ2) is 6.59. The Labute approximate surface area is 92.6 Å². The highest BCUT2D eigenvalue weighted by atomic mass is 16.5. The largest absolute Gasteiger partial charge is 0.377 e. The lowest BCUT2D eigenvalue weighted by Gasteiger charge is -2.08. The van der Waals surface area contributed by atoms with Gasteiger partial charge in [0.05, 0.1) is 12.7 Å². The SMILES string of the molecule is Cc1cccc(CNCCOC(C)C)c1. The third-order valence-electron chi connectivity index (χ3n) is 2.14. The molecule has 2 nitrogen and oxygen atoms in total. The molecule has 0 aliphatic carbocycles. The van der Waals surface area contributed by atoms with E-state index in [0.717, 1.165) is 19.7 Å². The summed E-state index contributed by atoms with van der Waals surface area (Å²) in [6.07, 6.45) is 0.325. The molecule has 0 spiro atoms. The second-order valence-corrected chi connectivity index (χ2v) is 4.09. The summed E-state index contributed by atoms with van der Waals surface area (Å²) < 4.78 is 5.44. The molecule has 15 heavy (non-hydrogen) atoms. The van der Waals surface area contributed by atoms with Crippen LogP contribution in [0.5, 0.6) is 0 Å². The van der Waals surface area contributed by atoms with Gasteiger partial charge in [0.15, 0.2) is 0 Å². The van der Waals surface area contributed by atoms with E-state index in [1.807, 2.05) is 0 Å². The van der Waals surface area contributed by atoms with Gasteiger partial charge in [0, 0.05) is 13.1 Å². The summed E-state index contributed by atoms with van der Waals surface area (Å²) in [6, 6.07) is 8.56. The predicted octanol–water partition coefficient (Wildman–Crippen LogP) is 2.51. The van der Waals surface area contributed by atoms with E-state index in [1.54, 1.807) is 0 Å². The van der Waals surface area contributed by atoms with Crippen molar-refractivity contribution >= 4 is 0 Å². The van der Waals surface area contributed by atoms with Crippen molar-refractivity contribution in [2.75, 3.05) is 13.2 Å². The topological polar surface area (TPSA) is 21.3 Å². The Morgan fingerprint density at radius 2 is 2.13 bits per heavy atom. The van der Waals surface area contributed by atoms with Gasteiger partial charge in [-0.25, -0.2) is 0 Å². The second-order valence-electron chi connectivity index (χ2n) is 4.09. The van der Waals surface area contributed by atoms with Crippen LogP contribution in [-0.4, -0.2) is 19.3 Å². The minimum absolute atomic E-state index is 0.325. The van der Waals surface area contributed by atoms with Gasteiger partial charge in [-0.05, 0) is 26.3 Å². The maximum absolute atomic E-state index is 5.44. The number of rotatable bonds is 6. The van der Waals surface area contributed by atoms with Crippen LogP contribution in [0.2, 0.25) is 0 Å². The molecule has 1 aromatic rings. The van der Waals surface area contributed by atoms with Crippen LogP contribution in [0.1, 0.15) is 25.0 Å². The Bertz CT molecular complexity index is 284. The van der Waals surface area contributed by atoms with Crippen molar-refractivity contribution in [1.29, 1.82) is 0 Å². The third-order valence-corrected chi connectivity index (χ3v) is 2.14. The summed E-state index contributed by atoms with van der Waals surface area (Å²) in [4.78, 5) is 0. The molecule has 0 heterocycles. The van der Waals surface area contributed by atoms with E-state index in [9.17, 15) is 0 Å². The maximum Gasteiger partial charge on any atom is 0.0594 e. The Kier molecular flexibility index (Phi) is 5.37. The molecule has 0 saturated carbocycles. The summed E-state index contributed by atoms with van der Waals surface area (Å²) >= 11 is 0. The van der Waals surface area contributed by atoms with Gasteiger partial charge in [0.1, 0.15) is 0 Å². The molecule has 0 aliphatic rings. The van der Waals surface area contributed by atoms with E-state index in [2.05, 4.69) is 50.4 Å². The number of hydrogen-bond acceptors (Lipinski definition) is 2. The van der Waals surface area contributed by atoms with Crippen molar-refractivity contribution in [3.63, 3.8) is 0 Å². The Morgan fingerprint density at radius 1 is 1.33 bits per heavy atom. The number of ether oxygens (including phenoxy) is 1. The quantitative estimate of drug-likeness (QED) is 0.724. The van der Waals surface area contributed by atoms with E-state index in [0.29, 0.717) is 6.10 Å². The zero-order chi connectivity index (χ0) is 11.1. The molecular formula is C13H21NO. The normalized spacial score (nSPS) is 10.9. The lowest BCUT2D eigenvalue weighted by molar-refractivity contribution is 0.0807. The third kappa shape index (κ3) is 5.55. The lowest BCUT2D eigenvalue weighted by Crippen LogP contribution is -2.20. The molecule has 1 N–H and O–H groups in total. The maximum atomic E-state index is 5.44. The van der Waals surface area contributed by atoms with Crippen LogP contribution >= 0.6 is 0 Å². The summed E-state index contributed by atoms with van der Waals surface area (Å²) in [5.41, 5.74) is 2.65. The van der Waals surface area contributed by atoms with Crippen LogP contribution in [-0.2, 0) is 11.3 Å². The minimum Gasteiger partial charge on any atom is -0.377 e. The van der Waals surface area contributed by atoms with Crippen molar-refractivity contribution < 1.29 is 4.74 Å². The van der Waals surface area contributed by atoms with Crippen LogP contribution in [0.15, 0.2) is 24.3 Å². The van der Waals surface area contributed by atoms with Crippen molar-refractivity contribution in [3.05, 3.63) is 35.4 Å². The molecule has 0 aliphatic heterocycles. The summed E-state index contributed by atoms with van der Waals surface area (Å²) in [5.74, 6) is 0. The van der Waals surface area contributed by atoms with Gasteiger partial charge in [-0.3, -0.25) is 0 Å². The van der Waals surface area contributed by atoms with Crippen molar-refractivity contribution in [1.82, 2.24) is 5.32 Å². The molecule has 0 bridgehead atoms. The van der Waals surface area contributed by atoms with Crippen LogP contribution in [0.3, 0.4) is 0 Å².